The molecule has 1 fully saturated rings. The molecule has 29 heavy (non-hydrogen) atoms. The third-order valence-electron chi connectivity index (χ3n) is 6.03. The predicted octanol–water partition coefficient (Wildman–Crippen LogP) is 2.06. The van der Waals surface area contributed by atoms with Gasteiger partial charge in [-0.3, -0.25) is 14.4 Å². The third-order valence-corrected chi connectivity index (χ3v) is 6.03. The molecule has 7 heteroatoms. The Hall–Kier alpha value is -3.35. The first kappa shape index (κ1) is 17.7. The van der Waals surface area contributed by atoms with Gasteiger partial charge in [-0.25, -0.2) is 0 Å². The fraction of sp³-hybridized carbons (Fsp3) is 0.318. The van der Waals surface area contributed by atoms with E-state index in [2.05, 4.69) is 10.6 Å². The molecule has 1 saturated heterocycles. The Bertz CT molecular complexity index is 1050. The summed E-state index contributed by atoms with van der Waals surface area (Å²) < 4.78 is 0. The number of hydrogen-bond acceptors (Lipinski definition) is 4. The van der Waals surface area contributed by atoms with E-state index in [1.165, 1.54) is 0 Å². The smallest absolute Gasteiger partial charge is 0.255 e. The molecule has 3 aliphatic rings. The normalized spacial score (nSPS) is 22.8. The number of amides is 3. The molecular weight excluding hydrogens is 368 g/mol. The van der Waals surface area contributed by atoms with E-state index >= 15 is 0 Å². The summed E-state index contributed by atoms with van der Waals surface area (Å²) >= 11 is 0. The van der Waals surface area contributed by atoms with Gasteiger partial charge in [-0.15, -0.1) is 0 Å². The van der Waals surface area contributed by atoms with Crippen molar-refractivity contribution in [3.63, 3.8) is 0 Å². The van der Waals surface area contributed by atoms with Gasteiger partial charge in [0.25, 0.3) is 17.7 Å². The Morgan fingerprint density at radius 3 is 2.76 bits per heavy atom. The van der Waals surface area contributed by atoms with Gasteiger partial charge in [0.1, 0.15) is 5.66 Å². The fourth-order valence-corrected chi connectivity index (χ4v) is 4.65. The van der Waals surface area contributed by atoms with E-state index in [1.807, 2.05) is 30.3 Å². The molecule has 5 rings (SSSR count). The Labute approximate surface area is 168 Å². The summed E-state index contributed by atoms with van der Waals surface area (Å²) in [7, 11) is 1.74. The Balaban J connectivity index is 1.45. The first-order valence-electron chi connectivity index (χ1n) is 9.84. The number of rotatable bonds is 1. The predicted molar refractivity (Wildman–Crippen MR) is 108 cm³/mol. The average Bonchev–Trinajstić information content (AvgIpc) is 3.01. The SMILES string of the molecule is CN1Cc2cccc(C(=O)N3CCCC4(C3)NC(=O)c3ccccc3N4)c2C1=O. The van der Waals surface area contributed by atoms with E-state index in [9.17, 15) is 14.4 Å². The van der Waals surface area contributed by atoms with E-state index in [0.29, 0.717) is 36.3 Å². The standard InChI is InChI=1S/C22H22N4O3/c1-25-12-14-6-4-8-16(18(14)21(25)29)20(28)26-11-5-10-22(13-26)23-17-9-3-2-7-15(17)19(27)24-22/h2-4,6-9,23H,5,10-13H2,1H3,(H,24,27). The molecule has 0 saturated carbocycles. The maximum absolute atomic E-state index is 13.4. The first-order chi connectivity index (χ1) is 14.0. The topological polar surface area (TPSA) is 81.8 Å². The minimum absolute atomic E-state index is 0.117. The Morgan fingerprint density at radius 2 is 1.90 bits per heavy atom. The molecule has 1 unspecified atom stereocenters. The third kappa shape index (κ3) is 2.76. The second kappa shape index (κ2) is 6.34. The maximum Gasteiger partial charge on any atom is 0.255 e. The van der Waals surface area contributed by atoms with Crippen LogP contribution in [0.3, 0.4) is 0 Å². The van der Waals surface area contributed by atoms with Gasteiger partial charge < -0.3 is 20.4 Å². The molecule has 1 atom stereocenters. The maximum atomic E-state index is 13.4. The molecular formula is C22H22N4O3. The van der Waals surface area contributed by atoms with Crippen LogP contribution in [0.2, 0.25) is 0 Å². The Morgan fingerprint density at radius 1 is 1.07 bits per heavy atom. The van der Waals surface area contributed by atoms with Crippen LogP contribution in [-0.2, 0) is 6.54 Å². The number of benzene rings is 2. The van der Waals surface area contributed by atoms with Crippen molar-refractivity contribution in [1.29, 1.82) is 0 Å². The minimum Gasteiger partial charge on any atom is -0.361 e. The lowest BCUT2D eigenvalue weighted by Gasteiger charge is -2.46. The highest BCUT2D eigenvalue weighted by atomic mass is 16.2. The summed E-state index contributed by atoms with van der Waals surface area (Å²) in [5.74, 6) is -0.417. The molecule has 2 N–H and O–H groups in total. The summed E-state index contributed by atoms with van der Waals surface area (Å²) in [6.45, 7) is 1.46. The molecule has 0 aliphatic carbocycles. The summed E-state index contributed by atoms with van der Waals surface area (Å²) in [5, 5.41) is 6.52. The van der Waals surface area contributed by atoms with Gasteiger partial charge in [0.05, 0.1) is 23.2 Å². The van der Waals surface area contributed by atoms with Crippen molar-refractivity contribution in [3.05, 3.63) is 64.7 Å². The quantitative estimate of drug-likeness (QED) is 0.781. The number of piperidine rings is 1. The molecule has 0 aromatic heterocycles. The molecule has 0 radical (unpaired) electrons. The first-order valence-corrected chi connectivity index (χ1v) is 9.84. The lowest BCUT2D eigenvalue weighted by Crippen LogP contribution is -2.66. The lowest BCUT2D eigenvalue weighted by molar-refractivity contribution is 0.0589. The van der Waals surface area contributed by atoms with Gasteiger partial charge >= 0.3 is 0 Å². The van der Waals surface area contributed by atoms with Crippen molar-refractivity contribution in [3.8, 4) is 0 Å². The number of carbonyl (C=O) groups is 3. The zero-order valence-electron chi connectivity index (χ0n) is 16.2. The van der Waals surface area contributed by atoms with Gasteiger partial charge in [0.15, 0.2) is 0 Å². The molecule has 3 aliphatic heterocycles. The van der Waals surface area contributed by atoms with E-state index < -0.39 is 5.66 Å². The number of nitrogens with zero attached hydrogens (tertiary/aromatic N) is 2. The van der Waals surface area contributed by atoms with Gasteiger partial charge in [0.2, 0.25) is 0 Å². The largest absolute Gasteiger partial charge is 0.361 e. The molecule has 2 aromatic rings. The summed E-state index contributed by atoms with van der Waals surface area (Å²) in [4.78, 5) is 41.9. The van der Waals surface area contributed by atoms with E-state index in [4.69, 9.17) is 0 Å². The molecule has 148 valence electrons. The Kier molecular flexibility index (Phi) is 3.87. The summed E-state index contributed by atoms with van der Waals surface area (Å²) in [6, 6.07) is 12.8. The van der Waals surface area contributed by atoms with Crippen LogP contribution in [0.5, 0.6) is 0 Å². The number of likely N-dealkylation sites (tertiary alicyclic amines) is 1. The fourth-order valence-electron chi connectivity index (χ4n) is 4.65. The molecule has 1 spiro atoms. The number of para-hydroxylation sites is 1. The number of nitrogens with one attached hydrogen (secondary N) is 2. The van der Waals surface area contributed by atoms with E-state index in [0.717, 1.165) is 24.1 Å². The van der Waals surface area contributed by atoms with Crippen LogP contribution < -0.4 is 10.6 Å². The minimum atomic E-state index is -0.696. The zero-order valence-corrected chi connectivity index (χ0v) is 16.2. The van der Waals surface area contributed by atoms with Crippen LogP contribution in [0, 0.1) is 0 Å². The van der Waals surface area contributed by atoms with Crippen molar-refractivity contribution < 1.29 is 14.4 Å². The molecule has 3 heterocycles. The molecule has 3 amide bonds. The monoisotopic (exact) mass is 390 g/mol. The highest BCUT2D eigenvalue weighted by molar-refractivity contribution is 6.09. The summed E-state index contributed by atoms with van der Waals surface area (Å²) in [5.41, 5.74) is 2.52. The molecule has 0 bridgehead atoms. The lowest BCUT2D eigenvalue weighted by atomic mass is 9.92. The highest BCUT2D eigenvalue weighted by Gasteiger charge is 2.43. The van der Waals surface area contributed by atoms with Crippen LogP contribution in [0.4, 0.5) is 5.69 Å². The van der Waals surface area contributed by atoms with Crippen molar-refractivity contribution in [2.45, 2.75) is 25.0 Å². The highest BCUT2D eigenvalue weighted by Crippen LogP contribution is 2.32. The van der Waals surface area contributed by atoms with E-state index in [-0.39, 0.29) is 17.7 Å². The number of anilines is 1. The van der Waals surface area contributed by atoms with Crippen molar-refractivity contribution >= 4 is 23.4 Å². The summed E-state index contributed by atoms with van der Waals surface area (Å²) in [6.07, 6.45) is 1.48. The van der Waals surface area contributed by atoms with Crippen LogP contribution in [0.15, 0.2) is 42.5 Å². The number of fused-ring (bicyclic) bond motifs is 2. The van der Waals surface area contributed by atoms with Crippen LogP contribution in [0.1, 0.15) is 49.5 Å². The number of hydrogen-bond donors (Lipinski definition) is 2. The van der Waals surface area contributed by atoms with Gasteiger partial charge in [0, 0.05) is 25.8 Å². The number of carbonyl (C=O) groups excluding carboxylic acids is 3. The van der Waals surface area contributed by atoms with Gasteiger partial charge in [-0.05, 0) is 36.6 Å². The van der Waals surface area contributed by atoms with E-state index in [1.54, 1.807) is 29.0 Å². The molecule has 2 aromatic carbocycles. The average molecular weight is 390 g/mol. The zero-order chi connectivity index (χ0) is 20.2. The van der Waals surface area contributed by atoms with Crippen molar-refractivity contribution in [1.82, 2.24) is 15.1 Å². The van der Waals surface area contributed by atoms with Crippen LogP contribution in [-0.4, -0.2) is 53.3 Å². The second-order valence-electron chi connectivity index (χ2n) is 8.04. The second-order valence-corrected chi connectivity index (χ2v) is 8.04. The van der Waals surface area contributed by atoms with Crippen molar-refractivity contribution in [2.75, 3.05) is 25.5 Å². The van der Waals surface area contributed by atoms with Gasteiger partial charge in [-0.1, -0.05) is 24.3 Å². The van der Waals surface area contributed by atoms with Crippen LogP contribution in [0.25, 0.3) is 0 Å². The van der Waals surface area contributed by atoms with Gasteiger partial charge in [-0.2, -0.15) is 0 Å². The van der Waals surface area contributed by atoms with Crippen molar-refractivity contribution in [2.24, 2.45) is 0 Å². The molecule has 7 nitrogen and oxygen atoms in total. The van der Waals surface area contributed by atoms with Crippen LogP contribution >= 0.6 is 0 Å².